The van der Waals surface area contributed by atoms with Crippen LogP contribution in [0.25, 0.3) is 48.6 Å². The molecule has 48 heavy (non-hydrogen) atoms. The van der Waals surface area contributed by atoms with E-state index in [1.165, 1.54) is 140 Å². The molecule has 0 N–H and O–H groups in total. The van der Waals surface area contributed by atoms with Gasteiger partial charge < -0.3 is 0 Å². The zero-order valence-corrected chi connectivity index (χ0v) is 29.2. The average molecular weight is 625 g/mol. The zero-order valence-electron chi connectivity index (χ0n) is 29.2. The van der Waals surface area contributed by atoms with Gasteiger partial charge in [0.05, 0.1) is 0 Å². The summed E-state index contributed by atoms with van der Waals surface area (Å²) >= 11 is 0. The summed E-state index contributed by atoms with van der Waals surface area (Å²) in [6, 6.07) is 20.8. The molecule has 240 valence electrons. The van der Waals surface area contributed by atoms with E-state index in [2.05, 4.69) is 125 Å². The molecule has 5 aliphatic carbocycles. The smallest absolute Gasteiger partial charge is 0.0101 e. The normalized spacial score (nSPS) is 21.2. The monoisotopic (exact) mass is 624 g/mol. The highest BCUT2D eigenvalue weighted by atomic mass is 14.4. The third kappa shape index (κ3) is 4.55. The van der Waals surface area contributed by atoms with Gasteiger partial charge in [-0.05, 0) is 139 Å². The highest BCUT2D eigenvalue weighted by molar-refractivity contribution is 5.88. The highest BCUT2D eigenvalue weighted by Crippen LogP contribution is 2.50. The van der Waals surface area contributed by atoms with Crippen molar-refractivity contribution >= 4 is 48.6 Å². The minimum Gasteiger partial charge on any atom is -0.0653 e. The summed E-state index contributed by atoms with van der Waals surface area (Å²) in [7, 11) is 0. The average Bonchev–Trinajstić information content (AvgIpc) is 3.47. The van der Waals surface area contributed by atoms with Crippen molar-refractivity contribution in [3.8, 4) is 0 Å². The van der Waals surface area contributed by atoms with Crippen molar-refractivity contribution in [2.75, 3.05) is 0 Å². The minimum absolute atomic E-state index is 0.387. The summed E-state index contributed by atoms with van der Waals surface area (Å²) in [4.78, 5) is 0. The largest absolute Gasteiger partial charge is 0.0653 e. The molecule has 0 fully saturated rings. The molecule has 0 aliphatic heterocycles. The number of benzene rings is 4. The fourth-order valence-electron chi connectivity index (χ4n) is 10.0. The molecule has 0 atom stereocenters. The van der Waals surface area contributed by atoms with Crippen LogP contribution in [0.5, 0.6) is 0 Å². The maximum Gasteiger partial charge on any atom is 0.0101 e. The lowest BCUT2D eigenvalue weighted by Crippen LogP contribution is -2.13. The van der Waals surface area contributed by atoms with Crippen LogP contribution in [0.3, 0.4) is 0 Å². The Bertz CT molecular complexity index is 1670. The predicted octanol–water partition coefficient (Wildman–Crippen LogP) is 13.7. The molecule has 0 spiro atoms. The van der Waals surface area contributed by atoms with E-state index in [9.17, 15) is 0 Å². The van der Waals surface area contributed by atoms with Crippen molar-refractivity contribution in [1.29, 1.82) is 0 Å². The van der Waals surface area contributed by atoms with E-state index in [0.29, 0.717) is 23.7 Å². The summed E-state index contributed by atoms with van der Waals surface area (Å²) in [6.07, 6.45) is 28.8. The van der Waals surface area contributed by atoms with Crippen molar-refractivity contribution in [2.45, 2.75) is 103 Å². The SMILES string of the molecule is CCCC1c2cc3c4cc2C=Cc2cc5c(cc21)C(CCC)c1cc2c(cc1C=C5)C=Cc1cc(c(cc1C2CCC)C3CCC)C=C4. The number of rotatable bonds is 8. The molecule has 0 aromatic heterocycles. The van der Waals surface area contributed by atoms with Gasteiger partial charge >= 0.3 is 0 Å². The van der Waals surface area contributed by atoms with E-state index in [1.54, 1.807) is 0 Å². The van der Waals surface area contributed by atoms with Crippen LogP contribution in [0.1, 0.15) is 192 Å². The first-order valence-electron chi connectivity index (χ1n) is 19.0. The van der Waals surface area contributed by atoms with Gasteiger partial charge in [-0.1, -0.05) is 126 Å². The van der Waals surface area contributed by atoms with Crippen molar-refractivity contribution in [3.05, 3.63) is 138 Å². The molecule has 5 aliphatic rings. The van der Waals surface area contributed by atoms with Gasteiger partial charge in [-0.15, -0.1) is 0 Å². The van der Waals surface area contributed by atoms with Crippen molar-refractivity contribution < 1.29 is 0 Å². The molecule has 0 saturated heterocycles. The van der Waals surface area contributed by atoms with Crippen LogP contribution in [0.2, 0.25) is 0 Å². The molecule has 0 heteroatoms. The third-order valence-corrected chi connectivity index (χ3v) is 12.2. The number of hydrogen-bond acceptors (Lipinski definition) is 0. The van der Waals surface area contributed by atoms with E-state index < -0.39 is 0 Å². The highest BCUT2D eigenvalue weighted by Gasteiger charge is 2.32. The topological polar surface area (TPSA) is 0 Å². The molecule has 0 heterocycles. The van der Waals surface area contributed by atoms with Gasteiger partial charge in [0, 0.05) is 23.7 Å². The van der Waals surface area contributed by atoms with Crippen molar-refractivity contribution in [3.63, 3.8) is 0 Å². The first-order valence-corrected chi connectivity index (χ1v) is 19.0. The molecule has 0 amide bonds. The molecule has 0 nitrogen and oxygen atoms in total. The summed E-state index contributed by atoms with van der Waals surface area (Å²) in [5.74, 6) is 1.55. The summed E-state index contributed by atoms with van der Waals surface area (Å²) in [5.41, 5.74) is 23.4. The van der Waals surface area contributed by atoms with Crippen LogP contribution < -0.4 is 0 Å². The van der Waals surface area contributed by atoms with Crippen LogP contribution >= 0.6 is 0 Å². The molecule has 4 aromatic carbocycles. The van der Waals surface area contributed by atoms with Crippen LogP contribution in [0.15, 0.2) is 48.5 Å². The van der Waals surface area contributed by atoms with Crippen molar-refractivity contribution in [1.82, 2.24) is 0 Å². The molecule has 0 radical (unpaired) electrons. The summed E-state index contributed by atoms with van der Waals surface area (Å²) in [6.45, 7) is 9.48. The molecule has 0 saturated carbocycles. The Morgan fingerprint density at radius 2 is 0.438 bits per heavy atom. The van der Waals surface area contributed by atoms with Crippen LogP contribution in [-0.2, 0) is 0 Å². The summed E-state index contributed by atoms with van der Waals surface area (Å²) < 4.78 is 0. The van der Waals surface area contributed by atoms with Gasteiger partial charge in [0.2, 0.25) is 0 Å². The van der Waals surface area contributed by atoms with Gasteiger partial charge in [0.1, 0.15) is 0 Å². The van der Waals surface area contributed by atoms with E-state index in [-0.39, 0.29) is 0 Å². The Morgan fingerprint density at radius 3 is 0.583 bits per heavy atom. The van der Waals surface area contributed by atoms with E-state index >= 15 is 0 Å². The molecule has 8 bridgehead atoms. The lowest BCUT2D eigenvalue weighted by molar-refractivity contribution is 0.664. The minimum atomic E-state index is 0.387. The fraction of sp³-hybridized carbons (Fsp3) is 0.333. The van der Waals surface area contributed by atoms with Gasteiger partial charge in [-0.2, -0.15) is 0 Å². The zero-order chi connectivity index (χ0) is 32.5. The molecule has 0 unspecified atom stereocenters. The van der Waals surface area contributed by atoms with Crippen LogP contribution in [-0.4, -0.2) is 0 Å². The van der Waals surface area contributed by atoms with Crippen LogP contribution in [0, 0.1) is 0 Å². The van der Waals surface area contributed by atoms with E-state index in [0.717, 1.165) is 0 Å². The van der Waals surface area contributed by atoms with E-state index in [1.807, 2.05) is 0 Å². The van der Waals surface area contributed by atoms with Crippen LogP contribution in [0.4, 0.5) is 0 Å². The standard InChI is InChI=1S/C48H48/c1-5-9-37-41-25-43-31-15-17-33-23-35-19-20-36-24-34-18-16-32-22-30(14-13-29(41)21-31)42(37)26-44(32)39(11-7-3)46(34)28-48(36)40(12-8-4)47(35)27-45(33)38(43)10-6-2/h13-28,37-40H,5-12H2,1-4H3. The Labute approximate surface area is 288 Å². The molecular formula is C48H48. The van der Waals surface area contributed by atoms with Crippen molar-refractivity contribution in [2.24, 2.45) is 0 Å². The molecule has 9 rings (SSSR count). The predicted molar refractivity (Wildman–Crippen MR) is 208 cm³/mol. The Balaban J connectivity index is 1.44. The lowest BCUT2D eigenvalue weighted by atomic mass is 9.74. The van der Waals surface area contributed by atoms with Gasteiger partial charge in [0.15, 0.2) is 0 Å². The Hall–Kier alpha value is -4.16. The second-order valence-corrected chi connectivity index (χ2v) is 15.1. The Kier molecular flexibility index (Phi) is 7.34. The lowest BCUT2D eigenvalue weighted by Gasteiger charge is -2.29. The quantitative estimate of drug-likeness (QED) is 0.161. The van der Waals surface area contributed by atoms with E-state index in [4.69, 9.17) is 0 Å². The maximum atomic E-state index is 2.67. The Morgan fingerprint density at radius 1 is 0.271 bits per heavy atom. The van der Waals surface area contributed by atoms with Gasteiger partial charge in [-0.3, -0.25) is 0 Å². The third-order valence-electron chi connectivity index (χ3n) is 12.2. The second kappa shape index (κ2) is 11.8. The molecular weight excluding hydrogens is 577 g/mol. The van der Waals surface area contributed by atoms with Gasteiger partial charge in [-0.25, -0.2) is 0 Å². The molecule has 4 aromatic rings. The first kappa shape index (κ1) is 29.9. The summed E-state index contributed by atoms with van der Waals surface area (Å²) in [5, 5.41) is 0. The fourth-order valence-corrected chi connectivity index (χ4v) is 10.0. The second-order valence-electron chi connectivity index (χ2n) is 15.1. The number of hydrogen-bond donors (Lipinski definition) is 0. The maximum absolute atomic E-state index is 2.67. The van der Waals surface area contributed by atoms with Gasteiger partial charge in [0.25, 0.3) is 0 Å². The first-order chi connectivity index (χ1) is 23.6.